The van der Waals surface area contributed by atoms with Crippen molar-refractivity contribution in [1.29, 1.82) is 0 Å². The van der Waals surface area contributed by atoms with E-state index >= 15 is 0 Å². The molecule has 0 fully saturated rings. The number of anilines is 1. The van der Waals surface area contributed by atoms with E-state index in [-0.39, 0.29) is 12.1 Å². The average molecular weight is 371 g/mol. The summed E-state index contributed by atoms with van der Waals surface area (Å²) in [5.74, 6) is 0.828. The Morgan fingerprint density at radius 2 is 1.93 bits per heavy atom. The number of urea groups is 1. The molecule has 0 saturated carbocycles. The van der Waals surface area contributed by atoms with Gasteiger partial charge in [0, 0.05) is 51.3 Å². The van der Waals surface area contributed by atoms with E-state index in [1.807, 2.05) is 64.5 Å². The third kappa shape index (κ3) is 6.36. The maximum Gasteiger partial charge on any atom is 0.319 e. The van der Waals surface area contributed by atoms with E-state index < -0.39 is 0 Å². The SMILES string of the molecule is CN=C(NCc1ccc(NC(=O)NC(C)C)cc1)N(C)Cc1cccn1C. The number of nitrogens with one attached hydrogen (secondary N) is 3. The van der Waals surface area contributed by atoms with Gasteiger partial charge in [-0.3, -0.25) is 4.99 Å². The van der Waals surface area contributed by atoms with Crippen molar-refractivity contribution in [3.05, 3.63) is 53.9 Å². The molecule has 1 heterocycles. The summed E-state index contributed by atoms with van der Waals surface area (Å²) in [6.07, 6.45) is 2.04. The second-order valence-electron chi connectivity index (χ2n) is 6.82. The normalized spacial score (nSPS) is 11.4. The van der Waals surface area contributed by atoms with Crippen LogP contribution in [0, 0.1) is 0 Å². The number of rotatable bonds is 6. The molecule has 3 N–H and O–H groups in total. The van der Waals surface area contributed by atoms with Crippen LogP contribution in [0.1, 0.15) is 25.1 Å². The average Bonchev–Trinajstić information content (AvgIpc) is 3.01. The van der Waals surface area contributed by atoms with Gasteiger partial charge in [-0.05, 0) is 43.7 Å². The molecule has 0 unspecified atom stereocenters. The molecule has 0 atom stereocenters. The molecule has 2 rings (SSSR count). The van der Waals surface area contributed by atoms with Crippen LogP contribution < -0.4 is 16.0 Å². The highest BCUT2D eigenvalue weighted by Crippen LogP contribution is 2.10. The predicted octanol–water partition coefficient (Wildman–Crippen LogP) is 2.76. The second kappa shape index (κ2) is 9.66. The van der Waals surface area contributed by atoms with Crippen molar-refractivity contribution in [2.24, 2.45) is 12.0 Å². The Bertz CT molecular complexity index is 763. The highest BCUT2D eigenvalue weighted by atomic mass is 16.2. The molecule has 2 aromatic rings. The zero-order chi connectivity index (χ0) is 19.8. The molecule has 0 bridgehead atoms. The van der Waals surface area contributed by atoms with E-state index in [4.69, 9.17) is 0 Å². The van der Waals surface area contributed by atoms with Crippen molar-refractivity contribution in [1.82, 2.24) is 20.1 Å². The first-order valence-electron chi connectivity index (χ1n) is 9.07. The fraction of sp³-hybridized carbons (Fsp3) is 0.400. The molecular weight excluding hydrogens is 340 g/mol. The number of aryl methyl sites for hydroxylation is 1. The van der Waals surface area contributed by atoms with Crippen LogP contribution in [-0.2, 0) is 20.1 Å². The Labute approximate surface area is 161 Å². The topological polar surface area (TPSA) is 73.7 Å². The maximum absolute atomic E-state index is 11.7. The monoisotopic (exact) mass is 370 g/mol. The summed E-state index contributed by atoms with van der Waals surface area (Å²) < 4.78 is 2.10. The van der Waals surface area contributed by atoms with Crippen LogP contribution in [-0.4, -0.2) is 41.6 Å². The van der Waals surface area contributed by atoms with Crippen LogP contribution >= 0.6 is 0 Å². The Kier molecular flexibility index (Phi) is 7.28. The fourth-order valence-electron chi connectivity index (χ4n) is 2.68. The van der Waals surface area contributed by atoms with Gasteiger partial charge < -0.3 is 25.4 Å². The third-order valence-electron chi connectivity index (χ3n) is 4.11. The number of amides is 2. The molecule has 1 aromatic heterocycles. The largest absolute Gasteiger partial charge is 0.353 e. The lowest BCUT2D eigenvalue weighted by Gasteiger charge is -2.22. The molecule has 1 aromatic carbocycles. The second-order valence-corrected chi connectivity index (χ2v) is 6.82. The first-order chi connectivity index (χ1) is 12.9. The number of carbonyl (C=O) groups is 1. The smallest absolute Gasteiger partial charge is 0.319 e. The zero-order valence-electron chi connectivity index (χ0n) is 16.8. The van der Waals surface area contributed by atoms with Gasteiger partial charge in [0.1, 0.15) is 0 Å². The number of aromatic nitrogens is 1. The third-order valence-corrected chi connectivity index (χ3v) is 4.11. The molecule has 27 heavy (non-hydrogen) atoms. The minimum Gasteiger partial charge on any atom is -0.353 e. The van der Waals surface area contributed by atoms with E-state index in [0.717, 1.165) is 23.8 Å². The van der Waals surface area contributed by atoms with Gasteiger partial charge in [0.2, 0.25) is 0 Å². The van der Waals surface area contributed by atoms with Crippen LogP contribution in [0.4, 0.5) is 10.5 Å². The summed E-state index contributed by atoms with van der Waals surface area (Å²) in [7, 11) is 5.84. The highest BCUT2D eigenvalue weighted by Gasteiger charge is 2.08. The fourth-order valence-corrected chi connectivity index (χ4v) is 2.68. The van der Waals surface area contributed by atoms with E-state index in [1.165, 1.54) is 5.69 Å². The van der Waals surface area contributed by atoms with E-state index in [0.29, 0.717) is 6.54 Å². The van der Waals surface area contributed by atoms with Gasteiger partial charge in [0.05, 0.1) is 6.54 Å². The van der Waals surface area contributed by atoms with Crippen molar-refractivity contribution < 1.29 is 4.79 Å². The molecule has 0 aliphatic rings. The summed E-state index contributed by atoms with van der Waals surface area (Å²) >= 11 is 0. The molecule has 146 valence electrons. The molecule has 7 nitrogen and oxygen atoms in total. The Balaban J connectivity index is 1.87. The van der Waals surface area contributed by atoms with E-state index in [1.54, 1.807) is 7.05 Å². The van der Waals surface area contributed by atoms with Crippen LogP contribution in [0.2, 0.25) is 0 Å². The minimum absolute atomic E-state index is 0.104. The van der Waals surface area contributed by atoms with Crippen molar-refractivity contribution in [2.45, 2.75) is 33.0 Å². The molecule has 2 amide bonds. The summed E-state index contributed by atoms with van der Waals surface area (Å²) in [6, 6.07) is 11.8. The van der Waals surface area contributed by atoms with Crippen molar-refractivity contribution in [2.75, 3.05) is 19.4 Å². The van der Waals surface area contributed by atoms with Crippen LogP contribution in [0.25, 0.3) is 0 Å². The molecule has 7 heteroatoms. The lowest BCUT2D eigenvalue weighted by Crippen LogP contribution is -2.38. The van der Waals surface area contributed by atoms with Crippen molar-refractivity contribution in [3.8, 4) is 0 Å². The number of hydrogen-bond donors (Lipinski definition) is 3. The van der Waals surface area contributed by atoms with Gasteiger partial charge in [0.15, 0.2) is 5.96 Å². The first-order valence-corrected chi connectivity index (χ1v) is 9.07. The van der Waals surface area contributed by atoms with Gasteiger partial charge >= 0.3 is 6.03 Å². The summed E-state index contributed by atoms with van der Waals surface area (Å²) in [5.41, 5.74) is 3.09. The first kappa shape index (κ1) is 20.4. The number of hydrogen-bond acceptors (Lipinski definition) is 2. The van der Waals surface area contributed by atoms with Gasteiger partial charge in [-0.25, -0.2) is 4.79 Å². The summed E-state index contributed by atoms with van der Waals surface area (Å²) in [6.45, 7) is 5.28. The predicted molar refractivity (Wildman–Crippen MR) is 111 cm³/mol. The van der Waals surface area contributed by atoms with E-state index in [9.17, 15) is 4.79 Å². The quantitative estimate of drug-likeness (QED) is 0.541. The molecule has 0 spiro atoms. The lowest BCUT2D eigenvalue weighted by atomic mass is 10.2. The van der Waals surface area contributed by atoms with Gasteiger partial charge in [-0.1, -0.05) is 12.1 Å². The zero-order valence-corrected chi connectivity index (χ0v) is 16.8. The van der Waals surface area contributed by atoms with Gasteiger partial charge in [-0.2, -0.15) is 0 Å². The molecule has 0 radical (unpaired) electrons. The van der Waals surface area contributed by atoms with Gasteiger partial charge in [0.25, 0.3) is 0 Å². The summed E-state index contributed by atoms with van der Waals surface area (Å²) in [5, 5.41) is 8.99. The number of aliphatic imine (C=N–C) groups is 1. The number of carbonyl (C=O) groups excluding carboxylic acids is 1. The van der Waals surface area contributed by atoms with Crippen LogP contribution in [0.15, 0.2) is 47.6 Å². The number of guanidine groups is 1. The number of nitrogens with zero attached hydrogens (tertiary/aromatic N) is 3. The maximum atomic E-state index is 11.7. The van der Waals surface area contributed by atoms with Crippen molar-refractivity contribution >= 4 is 17.7 Å². The van der Waals surface area contributed by atoms with E-state index in [2.05, 4.69) is 36.5 Å². The lowest BCUT2D eigenvalue weighted by molar-refractivity contribution is 0.250. The highest BCUT2D eigenvalue weighted by molar-refractivity contribution is 5.89. The summed E-state index contributed by atoms with van der Waals surface area (Å²) in [4.78, 5) is 18.2. The molecule has 0 aliphatic carbocycles. The van der Waals surface area contributed by atoms with Gasteiger partial charge in [-0.15, -0.1) is 0 Å². The Morgan fingerprint density at radius 1 is 1.22 bits per heavy atom. The standard InChI is InChI=1S/C20H30N6O/c1-15(2)23-20(27)24-17-10-8-16(9-11-17)13-22-19(21-3)26(5)14-18-7-6-12-25(18)4/h6-12,15H,13-14H2,1-5H3,(H,21,22)(H2,23,24,27). The minimum atomic E-state index is -0.196. The molecule has 0 saturated heterocycles. The Hall–Kier alpha value is -2.96. The molecule has 0 aliphatic heterocycles. The van der Waals surface area contributed by atoms with Crippen LogP contribution in [0.5, 0.6) is 0 Å². The van der Waals surface area contributed by atoms with Crippen molar-refractivity contribution in [3.63, 3.8) is 0 Å². The van der Waals surface area contributed by atoms with Crippen LogP contribution in [0.3, 0.4) is 0 Å². The Morgan fingerprint density at radius 3 is 2.48 bits per heavy atom. The molecular formula is C20H30N6O. The number of benzene rings is 1.